The van der Waals surface area contributed by atoms with E-state index in [1.807, 2.05) is 17.8 Å². The van der Waals surface area contributed by atoms with Crippen LogP contribution in [-0.4, -0.2) is 55.2 Å². The van der Waals surface area contributed by atoms with Crippen molar-refractivity contribution in [3.63, 3.8) is 0 Å². The third-order valence-corrected chi connectivity index (χ3v) is 13.8. The van der Waals surface area contributed by atoms with Gasteiger partial charge in [-0.15, -0.1) is 0 Å². The zero-order valence-electron chi connectivity index (χ0n) is 24.5. The van der Waals surface area contributed by atoms with Gasteiger partial charge in [0.05, 0.1) is 25.9 Å². The number of nitrogens with zero attached hydrogens (tertiary/aromatic N) is 7. The van der Waals surface area contributed by atoms with Crippen LogP contribution in [0.5, 0.6) is 5.75 Å². The van der Waals surface area contributed by atoms with Gasteiger partial charge in [0.15, 0.2) is 5.82 Å². The summed E-state index contributed by atoms with van der Waals surface area (Å²) >= 11 is 0. The number of imidazole rings is 2. The van der Waals surface area contributed by atoms with Crippen LogP contribution >= 0.6 is 0 Å². The van der Waals surface area contributed by atoms with E-state index in [2.05, 4.69) is 91.3 Å². The fraction of sp³-hybridized carbons (Fsp3) is 0.517. The van der Waals surface area contributed by atoms with Gasteiger partial charge in [-0.1, -0.05) is 39.9 Å². The molecular formula is C29H41N7O2Si. The Morgan fingerprint density at radius 3 is 2.62 bits per heavy atom. The molecule has 4 heterocycles. The van der Waals surface area contributed by atoms with Crippen molar-refractivity contribution in [1.29, 1.82) is 0 Å². The number of rotatable bonds is 8. The number of fused-ring (bicyclic) bond motifs is 3. The first-order chi connectivity index (χ1) is 18.4. The van der Waals surface area contributed by atoms with Gasteiger partial charge in [0.1, 0.15) is 42.8 Å². The van der Waals surface area contributed by atoms with Gasteiger partial charge >= 0.3 is 0 Å². The number of benzene rings is 1. The molecular weight excluding hydrogens is 506 g/mol. The molecule has 0 bridgehead atoms. The summed E-state index contributed by atoms with van der Waals surface area (Å²) in [5.74, 6) is 3.39. The highest BCUT2D eigenvalue weighted by molar-refractivity contribution is 6.80. The number of aromatic nitrogens is 7. The Labute approximate surface area is 232 Å². The molecule has 39 heavy (non-hydrogen) atoms. The molecule has 0 amide bonds. The number of aryl methyl sites for hydroxylation is 1. The predicted molar refractivity (Wildman–Crippen MR) is 156 cm³/mol. The van der Waals surface area contributed by atoms with Crippen molar-refractivity contribution in [2.24, 2.45) is 0 Å². The lowest BCUT2D eigenvalue weighted by atomic mass is 10.1. The van der Waals surface area contributed by atoms with E-state index in [0.29, 0.717) is 24.9 Å². The normalized spacial score (nSPS) is 13.8. The maximum Gasteiger partial charge on any atom is 0.178 e. The summed E-state index contributed by atoms with van der Waals surface area (Å²) < 4.78 is 18.4. The van der Waals surface area contributed by atoms with Gasteiger partial charge in [-0.2, -0.15) is 5.10 Å². The lowest BCUT2D eigenvalue weighted by Gasteiger charge is -2.36. The predicted octanol–water partition coefficient (Wildman–Crippen LogP) is 6.44. The highest BCUT2D eigenvalue weighted by Gasteiger charge is 2.34. The molecule has 208 valence electrons. The SMILES string of the molecule is Cc1nc(-c2ccc3c(c2)OCCn2cc(-c4ncnn4C(C)C)nc2-3)cn1COCC[Si](C)(C)C(C)(C)C. The molecule has 3 aromatic heterocycles. The van der Waals surface area contributed by atoms with Crippen LogP contribution in [-0.2, 0) is 18.0 Å². The summed E-state index contributed by atoms with van der Waals surface area (Å²) in [6.07, 6.45) is 5.70. The number of ether oxygens (including phenoxy) is 2. The largest absolute Gasteiger partial charge is 0.491 e. The van der Waals surface area contributed by atoms with E-state index in [9.17, 15) is 0 Å². The Kier molecular flexibility index (Phi) is 7.28. The van der Waals surface area contributed by atoms with Crippen molar-refractivity contribution in [1.82, 2.24) is 33.9 Å². The highest BCUT2D eigenvalue weighted by Crippen LogP contribution is 2.39. The molecule has 4 aromatic rings. The van der Waals surface area contributed by atoms with E-state index in [1.165, 1.54) is 0 Å². The quantitative estimate of drug-likeness (QED) is 0.186. The van der Waals surface area contributed by atoms with Gasteiger partial charge < -0.3 is 18.6 Å². The Bertz CT molecular complexity index is 1460. The third-order valence-electron chi connectivity index (χ3n) is 8.28. The monoisotopic (exact) mass is 547 g/mol. The highest BCUT2D eigenvalue weighted by atomic mass is 28.3. The van der Waals surface area contributed by atoms with E-state index < -0.39 is 8.07 Å². The van der Waals surface area contributed by atoms with Gasteiger partial charge in [0, 0.05) is 30.6 Å². The Hall–Kier alpha value is -3.24. The summed E-state index contributed by atoms with van der Waals surface area (Å²) in [4.78, 5) is 14.3. The molecule has 1 aromatic carbocycles. The summed E-state index contributed by atoms with van der Waals surface area (Å²) in [5.41, 5.74) is 3.70. The molecule has 0 saturated heterocycles. The zero-order chi connectivity index (χ0) is 27.9. The first-order valence-electron chi connectivity index (χ1n) is 13.8. The lowest BCUT2D eigenvalue weighted by molar-refractivity contribution is 0.0854. The minimum atomic E-state index is -1.35. The molecule has 0 atom stereocenters. The van der Waals surface area contributed by atoms with Gasteiger partial charge in [0.2, 0.25) is 0 Å². The molecule has 0 radical (unpaired) electrons. The average molecular weight is 548 g/mol. The van der Waals surface area contributed by atoms with Crippen molar-refractivity contribution in [3.8, 4) is 39.9 Å². The molecule has 10 heteroatoms. The van der Waals surface area contributed by atoms with Crippen LogP contribution in [0.1, 0.15) is 46.5 Å². The Morgan fingerprint density at radius 2 is 1.87 bits per heavy atom. The van der Waals surface area contributed by atoms with Crippen LogP contribution in [0.15, 0.2) is 36.9 Å². The molecule has 0 unspecified atom stereocenters. The lowest BCUT2D eigenvalue weighted by Crippen LogP contribution is -2.38. The molecule has 0 saturated carbocycles. The Morgan fingerprint density at radius 1 is 1.08 bits per heavy atom. The second-order valence-corrected chi connectivity index (χ2v) is 18.2. The molecule has 0 N–H and O–H groups in total. The Balaban J connectivity index is 1.34. The molecule has 1 aliphatic rings. The van der Waals surface area contributed by atoms with E-state index in [-0.39, 0.29) is 6.04 Å². The molecule has 5 rings (SSSR count). The molecule has 0 aliphatic carbocycles. The van der Waals surface area contributed by atoms with Crippen molar-refractivity contribution in [3.05, 3.63) is 42.7 Å². The summed E-state index contributed by atoms with van der Waals surface area (Å²) in [7, 11) is -1.35. The maximum absolute atomic E-state index is 6.17. The van der Waals surface area contributed by atoms with Gasteiger partial charge in [-0.05, 0) is 44.0 Å². The van der Waals surface area contributed by atoms with Crippen LogP contribution < -0.4 is 4.74 Å². The average Bonchev–Trinajstić information content (AvgIpc) is 3.58. The van der Waals surface area contributed by atoms with Crippen LogP contribution in [0.2, 0.25) is 24.2 Å². The van der Waals surface area contributed by atoms with Gasteiger partial charge in [-0.25, -0.2) is 19.6 Å². The minimum absolute atomic E-state index is 0.202. The van der Waals surface area contributed by atoms with Crippen molar-refractivity contribution in [2.45, 2.75) is 85.0 Å². The van der Waals surface area contributed by atoms with Gasteiger partial charge in [-0.3, -0.25) is 0 Å². The van der Waals surface area contributed by atoms with E-state index in [4.69, 9.17) is 19.4 Å². The fourth-order valence-electron chi connectivity index (χ4n) is 4.60. The van der Waals surface area contributed by atoms with Crippen LogP contribution in [0.4, 0.5) is 0 Å². The van der Waals surface area contributed by atoms with Crippen molar-refractivity contribution >= 4 is 8.07 Å². The second kappa shape index (κ2) is 10.4. The summed E-state index contributed by atoms with van der Waals surface area (Å²) in [6.45, 7) is 20.7. The summed E-state index contributed by atoms with van der Waals surface area (Å²) in [5, 5.41) is 4.74. The van der Waals surface area contributed by atoms with Crippen molar-refractivity contribution < 1.29 is 9.47 Å². The smallest absolute Gasteiger partial charge is 0.178 e. The number of hydrogen-bond donors (Lipinski definition) is 0. The standard InChI is InChI=1S/C29H41N7O2Si/c1-20(2)36-28(30-18-31-36)25-17-34-11-12-38-26-15-22(9-10-23(26)27(34)33-25)24-16-35(21(3)32-24)19-37-13-14-39(7,8)29(4,5)6/h9-10,15-18,20H,11-14,19H2,1-8H3. The topological polar surface area (TPSA) is 84.8 Å². The molecule has 9 nitrogen and oxygen atoms in total. The molecule has 0 spiro atoms. The van der Waals surface area contributed by atoms with Crippen LogP contribution in [0.3, 0.4) is 0 Å². The molecule has 0 fully saturated rings. The molecule has 1 aliphatic heterocycles. The first kappa shape index (κ1) is 27.3. The van der Waals surface area contributed by atoms with E-state index in [1.54, 1.807) is 6.33 Å². The summed E-state index contributed by atoms with van der Waals surface area (Å²) in [6, 6.07) is 7.59. The van der Waals surface area contributed by atoms with Gasteiger partial charge in [0.25, 0.3) is 0 Å². The third kappa shape index (κ3) is 5.45. The minimum Gasteiger partial charge on any atom is -0.491 e. The number of hydrogen-bond acceptors (Lipinski definition) is 6. The first-order valence-corrected chi connectivity index (χ1v) is 17.0. The van der Waals surface area contributed by atoms with E-state index in [0.717, 1.165) is 58.4 Å². The maximum atomic E-state index is 6.17. The van der Waals surface area contributed by atoms with Crippen LogP contribution in [0, 0.1) is 6.92 Å². The fourth-order valence-corrected chi connectivity index (χ4v) is 6.01. The van der Waals surface area contributed by atoms with Crippen molar-refractivity contribution in [2.75, 3.05) is 13.2 Å². The zero-order valence-corrected chi connectivity index (χ0v) is 25.5. The van der Waals surface area contributed by atoms with E-state index >= 15 is 0 Å². The van der Waals surface area contributed by atoms with Crippen LogP contribution in [0.25, 0.3) is 34.2 Å². The second-order valence-electron chi connectivity index (χ2n) is 12.4.